The molecule has 0 radical (unpaired) electrons. The van der Waals surface area contributed by atoms with Crippen LogP contribution in [0.5, 0.6) is 0 Å². The summed E-state index contributed by atoms with van der Waals surface area (Å²) < 4.78 is 0. The second kappa shape index (κ2) is 9.27. The summed E-state index contributed by atoms with van der Waals surface area (Å²) in [4.78, 5) is 34.6. The fraction of sp³-hybridized carbons (Fsp3) is 0.800. The van der Waals surface area contributed by atoms with E-state index in [1.54, 1.807) is 6.92 Å². The van der Waals surface area contributed by atoms with E-state index >= 15 is 0 Å². The van der Waals surface area contributed by atoms with Gasteiger partial charge in [-0.3, -0.25) is 4.79 Å². The Morgan fingerprint density at radius 3 is 2.36 bits per heavy atom. The quantitative estimate of drug-likeness (QED) is 0.567. The Hall–Kier alpha value is -1.79. The van der Waals surface area contributed by atoms with Crippen molar-refractivity contribution in [3.05, 3.63) is 0 Å². The maximum atomic E-state index is 11.8. The van der Waals surface area contributed by atoms with Crippen molar-refractivity contribution in [1.29, 1.82) is 0 Å². The molecule has 0 aromatic rings. The molecule has 1 rings (SSSR count). The summed E-state index contributed by atoms with van der Waals surface area (Å²) in [6, 6.07) is -1.14. The highest BCUT2D eigenvalue weighted by molar-refractivity contribution is 5.87. The standard InChI is InChI=1S/C15H27N3O4/c1-3-10(2)13(14(20)21)18-12(19)9-16-15(22)17-11-7-5-4-6-8-11/h10-11,13H,3-9H2,1-2H3,(H,18,19)(H,20,21)(H2,16,17,22)/t10-,13-/m0/s1. The molecule has 1 saturated carbocycles. The van der Waals surface area contributed by atoms with Crippen molar-refractivity contribution in [3.8, 4) is 0 Å². The molecular formula is C15H27N3O4. The van der Waals surface area contributed by atoms with E-state index in [0.29, 0.717) is 6.42 Å². The second-order valence-electron chi connectivity index (χ2n) is 5.93. The Morgan fingerprint density at radius 2 is 1.82 bits per heavy atom. The summed E-state index contributed by atoms with van der Waals surface area (Å²) in [6.45, 7) is 3.41. The van der Waals surface area contributed by atoms with E-state index in [0.717, 1.165) is 25.7 Å². The third-order valence-corrected chi connectivity index (χ3v) is 4.15. The SMILES string of the molecule is CC[C@H](C)[C@H](NC(=O)CNC(=O)NC1CCCCC1)C(=O)O. The Labute approximate surface area is 131 Å². The maximum Gasteiger partial charge on any atom is 0.326 e. The molecular weight excluding hydrogens is 286 g/mol. The number of hydrogen-bond acceptors (Lipinski definition) is 3. The number of carbonyl (C=O) groups excluding carboxylic acids is 2. The first-order chi connectivity index (χ1) is 10.4. The van der Waals surface area contributed by atoms with Crippen LogP contribution in [0.3, 0.4) is 0 Å². The molecule has 0 aromatic heterocycles. The van der Waals surface area contributed by atoms with Gasteiger partial charge in [0.1, 0.15) is 6.04 Å². The highest BCUT2D eigenvalue weighted by Gasteiger charge is 2.25. The van der Waals surface area contributed by atoms with Gasteiger partial charge in [-0.1, -0.05) is 39.5 Å². The number of carboxylic acids is 1. The number of amides is 3. The van der Waals surface area contributed by atoms with Gasteiger partial charge in [-0.2, -0.15) is 0 Å². The predicted molar refractivity (Wildman–Crippen MR) is 82.4 cm³/mol. The third-order valence-electron chi connectivity index (χ3n) is 4.15. The molecule has 22 heavy (non-hydrogen) atoms. The molecule has 0 saturated heterocycles. The van der Waals surface area contributed by atoms with Crippen molar-refractivity contribution in [3.63, 3.8) is 0 Å². The third kappa shape index (κ3) is 6.32. The average Bonchev–Trinajstić information content (AvgIpc) is 2.50. The number of nitrogens with one attached hydrogen (secondary N) is 3. The lowest BCUT2D eigenvalue weighted by Crippen LogP contribution is -2.50. The minimum atomic E-state index is -1.06. The second-order valence-corrected chi connectivity index (χ2v) is 5.93. The highest BCUT2D eigenvalue weighted by Crippen LogP contribution is 2.17. The molecule has 0 spiro atoms. The van der Waals surface area contributed by atoms with Crippen LogP contribution in [0.15, 0.2) is 0 Å². The van der Waals surface area contributed by atoms with Crippen LogP contribution in [0.2, 0.25) is 0 Å². The summed E-state index contributed by atoms with van der Waals surface area (Å²) >= 11 is 0. The van der Waals surface area contributed by atoms with Crippen molar-refractivity contribution >= 4 is 17.9 Å². The predicted octanol–water partition coefficient (Wildman–Crippen LogP) is 1.23. The minimum absolute atomic E-state index is 0.169. The van der Waals surface area contributed by atoms with Gasteiger partial charge in [0.15, 0.2) is 0 Å². The number of aliphatic carboxylic acids is 1. The summed E-state index contributed by atoms with van der Waals surface area (Å²) in [5.41, 5.74) is 0. The van der Waals surface area contributed by atoms with Crippen LogP contribution in [0.25, 0.3) is 0 Å². The van der Waals surface area contributed by atoms with E-state index in [9.17, 15) is 14.4 Å². The number of carbonyl (C=O) groups is 3. The van der Waals surface area contributed by atoms with Gasteiger partial charge in [-0.25, -0.2) is 9.59 Å². The van der Waals surface area contributed by atoms with Gasteiger partial charge in [0.2, 0.25) is 5.91 Å². The highest BCUT2D eigenvalue weighted by atomic mass is 16.4. The first-order valence-electron chi connectivity index (χ1n) is 8.00. The number of carboxylic acid groups (broad SMARTS) is 1. The van der Waals surface area contributed by atoms with E-state index < -0.39 is 17.9 Å². The fourth-order valence-electron chi connectivity index (χ4n) is 2.55. The summed E-state index contributed by atoms with van der Waals surface area (Å²) in [5, 5.41) is 16.9. The molecule has 0 aromatic carbocycles. The summed E-state index contributed by atoms with van der Waals surface area (Å²) in [6.07, 6.45) is 6.01. The molecule has 0 unspecified atom stereocenters. The Morgan fingerprint density at radius 1 is 1.18 bits per heavy atom. The molecule has 7 nitrogen and oxygen atoms in total. The summed E-state index contributed by atoms with van der Waals surface area (Å²) in [7, 11) is 0. The van der Waals surface area contributed by atoms with Crippen molar-refractivity contribution in [1.82, 2.24) is 16.0 Å². The minimum Gasteiger partial charge on any atom is -0.480 e. The monoisotopic (exact) mass is 313 g/mol. The molecule has 7 heteroatoms. The normalized spacial score (nSPS) is 18.1. The van der Waals surface area contributed by atoms with Crippen LogP contribution >= 0.6 is 0 Å². The Balaban J connectivity index is 2.31. The average molecular weight is 313 g/mol. The van der Waals surface area contributed by atoms with Gasteiger partial charge >= 0.3 is 12.0 Å². The summed E-state index contributed by atoms with van der Waals surface area (Å²) in [5.74, 6) is -1.72. The Bertz CT molecular complexity index is 394. The first kappa shape index (κ1) is 18.3. The van der Waals surface area contributed by atoms with Gasteiger partial charge in [-0.15, -0.1) is 0 Å². The molecule has 0 bridgehead atoms. The van der Waals surface area contributed by atoms with E-state index in [2.05, 4.69) is 16.0 Å². The smallest absolute Gasteiger partial charge is 0.326 e. The first-order valence-corrected chi connectivity index (χ1v) is 8.00. The molecule has 1 aliphatic carbocycles. The lowest BCUT2D eigenvalue weighted by Gasteiger charge is -2.23. The zero-order valence-electron chi connectivity index (χ0n) is 13.4. The molecule has 1 fully saturated rings. The molecule has 2 atom stereocenters. The number of rotatable bonds is 7. The van der Waals surface area contributed by atoms with Crippen molar-refractivity contribution in [2.24, 2.45) is 5.92 Å². The molecule has 0 aliphatic heterocycles. The van der Waals surface area contributed by atoms with E-state index in [1.165, 1.54) is 6.42 Å². The van der Waals surface area contributed by atoms with Crippen molar-refractivity contribution < 1.29 is 19.5 Å². The van der Waals surface area contributed by atoms with Gasteiger partial charge in [-0.05, 0) is 18.8 Å². The number of hydrogen-bond donors (Lipinski definition) is 4. The van der Waals surface area contributed by atoms with E-state index in [-0.39, 0.29) is 24.5 Å². The van der Waals surface area contributed by atoms with Crippen LogP contribution in [0, 0.1) is 5.92 Å². The van der Waals surface area contributed by atoms with E-state index in [4.69, 9.17) is 5.11 Å². The van der Waals surface area contributed by atoms with E-state index in [1.807, 2.05) is 6.92 Å². The lowest BCUT2D eigenvalue weighted by atomic mass is 9.96. The zero-order chi connectivity index (χ0) is 16.5. The lowest BCUT2D eigenvalue weighted by molar-refractivity contribution is -0.143. The van der Waals surface area contributed by atoms with Crippen molar-refractivity contribution in [2.75, 3.05) is 6.54 Å². The molecule has 126 valence electrons. The molecule has 1 aliphatic rings. The van der Waals surface area contributed by atoms with Gasteiger partial charge in [0, 0.05) is 6.04 Å². The fourth-order valence-corrected chi connectivity index (χ4v) is 2.55. The molecule has 0 heterocycles. The molecule has 3 amide bonds. The van der Waals surface area contributed by atoms with Crippen LogP contribution in [0.4, 0.5) is 4.79 Å². The topological polar surface area (TPSA) is 108 Å². The van der Waals surface area contributed by atoms with Crippen LogP contribution < -0.4 is 16.0 Å². The maximum absolute atomic E-state index is 11.8. The van der Waals surface area contributed by atoms with Gasteiger partial charge < -0.3 is 21.1 Å². The zero-order valence-corrected chi connectivity index (χ0v) is 13.4. The van der Waals surface area contributed by atoms with Crippen LogP contribution in [-0.4, -0.2) is 41.6 Å². The Kier molecular flexibility index (Phi) is 7.70. The van der Waals surface area contributed by atoms with Gasteiger partial charge in [0.05, 0.1) is 6.54 Å². The van der Waals surface area contributed by atoms with Gasteiger partial charge in [0.25, 0.3) is 0 Å². The largest absolute Gasteiger partial charge is 0.480 e. The number of urea groups is 1. The molecule has 4 N–H and O–H groups in total. The van der Waals surface area contributed by atoms with Crippen LogP contribution in [-0.2, 0) is 9.59 Å². The van der Waals surface area contributed by atoms with Crippen LogP contribution in [0.1, 0.15) is 52.4 Å². The van der Waals surface area contributed by atoms with Crippen molar-refractivity contribution in [2.45, 2.75) is 64.5 Å².